The molecule has 0 spiro atoms. The van der Waals surface area contributed by atoms with Gasteiger partial charge >= 0.3 is 17.9 Å². The van der Waals surface area contributed by atoms with Crippen molar-refractivity contribution in [2.45, 2.75) is 348 Å². The van der Waals surface area contributed by atoms with Crippen LogP contribution in [0.3, 0.4) is 0 Å². The lowest BCUT2D eigenvalue weighted by Gasteiger charge is -2.18. The Morgan fingerprint density at radius 3 is 0.795 bits per heavy atom. The van der Waals surface area contributed by atoms with Crippen LogP contribution in [0.15, 0.2) is 48.6 Å². The second-order valence-corrected chi connectivity index (χ2v) is 21.7. The number of hydrogen-bond donors (Lipinski definition) is 0. The lowest BCUT2D eigenvalue weighted by atomic mass is 10.1. The van der Waals surface area contributed by atoms with Gasteiger partial charge in [-0.2, -0.15) is 0 Å². The van der Waals surface area contributed by atoms with E-state index < -0.39 is 6.10 Å². The van der Waals surface area contributed by atoms with Gasteiger partial charge in [-0.25, -0.2) is 0 Å². The van der Waals surface area contributed by atoms with Gasteiger partial charge in [-0.15, -0.1) is 0 Å². The first-order chi connectivity index (χ1) is 36.0. The van der Waals surface area contributed by atoms with E-state index in [1.54, 1.807) is 0 Å². The highest BCUT2D eigenvalue weighted by Crippen LogP contribution is 2.17. The van der Waals surface area contributed by atoms with Gasteiger partial charge in [0.15, 0.2) is 6.10 Å². The maximum absolute atomic E-state index is 12.9. The van der Waals surface area contributed by atoms with Crippen molar-refractivity contribution in [3.63, 3.8) is 0 Å². The van der Waals surface area contributed by atoms with Crippen LogP contribution < -0.4 is 0 Å². The van der Waals surface area contributed by atoms with E-state index in [1.165, 1.54) is 238 Å². The number of hydrogen-bond acceptors (Lipinski definition) is 6. The zero-order valence-corrected chi connectivity index (χ0v) is 48.9. The third kappa shape index (κ3) is 60.1. The molecule has 0 amide bonds. The monoisotopic (exact) mass is 1020 g/mol. The number of carbonyl (C=O) groups excluding carboxylic acids is 3. The molecule has 0 N–H and O–H groups in total. The quantitative estimate of drug-likeness (QED) is 0.0261. The van der Waals surface area contributed by atoms with Gasteiger partial charge in [0.05, 0.1) is 0 Å². The van der Waals surface area contributed by atoms with Crippen molar-refractivity contribution >= 4 is 17.9 Å². The number of unbranched alkanes of at least 4 members (excludes halogenated alkanes) is 40. The number of esters is 3. The van der Waals surface area contributed by atoms with Crippen molar-refractivity contribution in [3.05, 3.63) is 48.6 Å². The second kappa shape index (κ2) is 61.9. The predicted octanol–water partition coefficient (Wildman–Crippen LogP) is 21.8. The van der Waals surface area contributed by atoms with E-state index in [4.69, 9.17) is 14.2 Å². The van der Waals surface area contributed by atoms with Gasteiger partial charge in [0.1, 0.15) is 13.2 Å². The molecule has 0 saturated carbocycles. The molecule has 0 rings (SSSR count). The van der Waals surface area contributed by atoms with E-state index in [-0.39, 0.29) is 31.1 Å². The molecular weight excluding hydrogens is 901 g/mol. The minimum absolute atomic E-state index is 0.0751. The summed E-state index contributed by atoms with van der Waals surface area (Å²) in [5, 5.41) is 0. The molecule has 0 aliphatic rings. The molecule has 1 atom stereocenters. The zero-order chi connectivity index (χ0) is 52.9. The van der Waals surface area contributed by atoms with E-state index in [1.807, 2.05) is 0 Å². The van der Waals surface area contributed by atoms with Crippen LogP contribution in [-0.2, 0) is 28.6 Å². The molecular formula is C67H122O6. The van der Waals surface area contributed by atoms with Crippen LogP contribution in [0.1, 0.15) is 342 Å². The molecule has 73 heavy (non-hydrogen) atoms. The van der Waals surface area contributed by atoms with Crippen molar-refractivity contribution in [1.29, 1.82) is 0 Å². The minimum atomic E-state index is -0.778. The summed E-state index contributed by atoms with van der Waals surface area (Å²) in [6.07, 6.45) is 76.8. The van der Waals surface area contributed by atoms with Gasteiger partial charge in [-0.1, -0.05) is 268 Å². The molecule has 0 aromatic rings. The average molecular weight is 1020 g/mol. The van der Waals surface area contributed by atoms with Crippen molar-refractivity contribution in [2.24, 2.45) is 0 Å². The molecule has 0 aromatic carbocycles. The van der Waals surface area contributed by atoms with Crippen molar-refractivity contribution < 1.29 is 28.6 Å². The van der Waals surface area contributed by atoms with Crippen LogP contribution in [-0.4, -0.2) is 37.2 Å². The summed E-state index contributed by atoms with van der Waals surface area (Å²) in [5.74, 6) is -0.865. The summed E-state index contributed by atoms with van der Waals surface area (Å²) in [4.78, 5) is 38.3. The summed E-state index contributed by atoms with van der Waals surface area (Å²) in [6, 6.07) is 0. The molecule has 0 aromatic heterocycles. The number of rotatable bonds is 59. The Labute approximate surface area is 454 Å². The first kappa shape index (κ1) is 70.4. The number of allylic oxidation sites excluding steroid dienone is 8. The SMILES string of the molecule is CCCCC/C=C\C/C=C\CCCCCCCCCCCC(=O)OC[C@@H](COC(=O)CCCCCCCCC/C=C\CCCCCCCC)OC(=O)CCCCCCCCCCC/C=C\CCCCCCCC. The zero-order valence-electron chi connectivity index (χ0n) is 48.9. The average Bonchev–Trinajstić information content (AvgIpc) is 3.39. The van der Waals surface area contributed by atoms with E-state index in [2.05, 4.69) is 69.4 Å². The van der Waals surface area contributed by atoms with Crippen LogP contribution in [0, 0.1) is 0 Å². The van der Waals surface area contributed by atoms with Crippen LogP contribution in [0.2, 0.25) is 0 Å². The molecule has 6 heteroatoms. The summed E-state index contributed by atoms with van der Waals surface area (Å²) in [5.41, 5.74) is 0. The Hall–Kier alpha value is -2.63. The fourth-order valence-corrected chi connectivity index (χ4v) is 9.41. The molecule has 0 bridgehead atoms. The fraction of sp³-hybridized carbons (Fsp3) is 0.836. The molecule has 0 unspecified atom stereocenters. The van der Waals surface area contributed by atoms with E-state index in [0.29, 0.717) is 19.3 Å². The largest absolute Gasteiger partial charge is 0.462 e. The molecule has 426 valence electrons. The summed E-state index contributed by atoms with van der Waals surface area (Å²) < 4.78 is 16.9. The topological polar surface area (TPSA) is 78.9 Å². The molecule has 0 saturated heterocycles. The summed E-state index contributed by atoms with van der Waals surface area (Å²) >= 11 is 0. The van der Waals surface area contributed by atoms with Gasteiger partial charge in [0.2, 0.25) is 0 Å². The van der Waals surface area contributed by atoms with Crippen LogP contribution in [0.25, 0.3) is 0 Å². The van der Waals surface area contributed by atoms with Gasteiger partial charge in [0, 0.05) is 19.3 Å². The molecule has 6 nitrogen and oxygen atoms in total. The molecule has 0 fully saturated rings. The number of ether oxygens (including phenoxy) is 3. The Balaban J connectivity index is 4.36. The van der Waals surface area contributed by atoms with E-state index >= 15 is 0 Å². The Morgan fingerprint density at radius 1 is 0.274 bits per heavy atom. The molecule has 0 radical (unpaired) electrons. The van der Waals surface area contributed by atoms with Crippen molar-refractivity contribution in [2.75, 3.05) is 13.2 Å². The second-order valence-electron chi connectivity index (χ2n) is 21.7. The molecule has 0 aliphatic carbocycles. The highest BCUT2D eigenvalue weighted by atomic mass is 16.6. The van der Waals surface area contributed by atoms with Gasteiger partial charge in [-0.05, 0) is 103 Å². The van der Waals surface area contributed by atoms with Crippen LogP contribution in [0.4, 0.5) is 0 Å². The predicted molar refractivity (Wildman–Crippen MR) is 316 cm³/mol. The van der Waals surface area contributed by atoms with Gasteiger partial charge in [-0.3, -0.25) is 14.4 Å². The van der Waals surface area contributed by atoms with Gasteiger partial charge < -0.3 is 14.2 Å². The number of carbonyl (C=O) groups is 3. The summed E-state index contributed by atoms with van der Waals surface area (Å²) in [7, 11) is 0. The Bertz CT molecular complexity index is 1270. The first-order valence-corrected chi connectivity index (χ1v) is 32.1. The lowest BCUT2D eigenvalue weighted by Crippen LogP contribution is -2.30. The van der Waals surface area contributed by atoms with E-state index in [9.17, 15) is 14.4 Å². The maximum Gasteiger partial charge on any atom is 0.306 e. The third-order valence-corrected chi connectivity index (χ3v) is 14.3. The Morgan fingerprint density at radius 2 is 0.493 bits per heavy atom. The highest BCUT2D eigenvalue weighted by Gasteiger charge is 2.19. The standard InChI is InChI=1S/C67H122O6/c1-4-7-10-13-16-19-22-25-28-31-33-36-39-42-45-48-51-54-57-60-66(69)72-63-64(62-71-65(68)59-56-53-50-47-44-41-38-35-30-27-24-21-18-15-12-9-6-3)73-67(70)61-58-55-52-49-46-43-40-37-34-32-29-26-23-20-17-14-11-8-5-2/h16,19,25-30,64H,4-15,17-18,20-24,31-63H2,1-3H3/b19-16-,28-25-,29-26-,30-27-/t64-/m1/s1. The minimum Gasteiger partial charge on any atom is -0.462 e. The Kier molecular flexibility index (Phi) is 59.7. The van der Waals surface area contributed by atoms with Crippen LogP contribution in [0.5, 0.6) is 0 Å². The fourth-order valence-electron chi connectivity index (χ4n) is 9.41. The van der Waals surface area contributed by atoms with Crippen molar-refractivity contribution in [1.82, 2.24) is 0 Å². The summed E-state index contributed by atoms with van der Waals surface area (Å²) in [6.45, 7) is 6.65. The highest BCUT2D eigenvalue weighted by molar-refractivity contribution is 5.71. The first-order valence-electron chi connectivity index (χ1n) is 32.1. The molecule has 0 aliphatic heterocycles. The van der Waals surface area contributed by atoms with Crippen molar-refractivity contribution in [3.8, 4) is 0 Å². The van der Waals surface area contributed by atoms with E-state index in [0.717, 1.165) is 64.2 Å². The lowest BCUT2D eigenvalue weighted by molar-refractivity contribution is -0.167. The smallest absolute Gasteiger partial charge is 0.306 e. The normalized spacial score (nSPS) is 12.3. The van der Waals surface area contributed by atoms with Crippen LogP contribution >= 0.6 is 0 Å². The maximum atomic E-state index is 12.9. The third-order valence-electron chi connectivity index (χ3n) is 14.3. The van der Waals surface area contributed by atoms with Gasteiger partial charge in [0.25, 0.3) is 0 Å². The molecule has 0 heterocycles.